The van der Waals surface area contributed by atoms with Crippen LogP contribution in [0.2, 0.25) is 0 Å². The fourth-order valence-electron chi connectivity index (χ4n) is 2.42. The number of hydrogen-bond donors (Lipinski definition) is 2. The number of hydrogen-bond acceptors (Lipinski definition) is 3. The number of methoxy groups -OCH3 is 1. The van der Waals surface area contributed by atoms with Crippen molar-refractivity contribution in [3.05, 3.63) is 89.5 Å². The second-order valence-electron chi connectivity index (χ2n) is 5.84. The number of carbonyl (C=O) groups excluding carboxylic acids is 2. The van der Waals surface area contributed by atoms with Gasteiger partial charge in [-0.2, -0.15) is 0 Å². The van der Waals surface area contributed by atoms with Crippen LogP contribution >= 0.6 is 0 Å². The Labute approximate surface area is 160 Å². The lowest BCUT2D eigenvalue weighted by atomic mass is 10.1. The van der Waals surface area contributed by atoms with Gasteiger partial charge in [-0.05, 0) is 66.7 Å². The largest absolute Gasteiger partial charge is 0.497 e. The van der Waals surface area contributed by atoms with Gasteiger partial charge in [-0.3, -0.25) is 9.59 Å². The van der Waals surface area contributed by atoms with E-state index in [2.05, 4.69) is 10.6 Å². The number of benzene rings is 3. The molecule has 2 N–H and O–H groups in total. The molecule has 0 aliphatic carbocycles. The average Bonchev–Trinajstić information content (AvgIpc) is 2.71. The summed E-state index contributed by atoms with van der Waals surface area (Å²) in [6, 6.07) is 15.9. The van der Waals surface area contributed by atoms with Crippen molar-refractivity contribution in [2.45, 2.75) is 0 Å². The first-order valence-corrected chi connectivity index (χ1v) is 8.28. The van der Waals surface area contributed by atoms with Crippen molar-refractivity contribution >= 4 is 23.2 Å². The highest BCUT2D eigenvalue weighted by Gasteiger charge is 2.11. The molecule has 3 aromatic carbocycles. The van der Waals surface area contributed by atoms with Gasteiger partial charge in [0, 0.05) is 22.5 Å². The zero-order valence-corrected chi connectivity index (χ0v) is 14.8. The van der Waals surface area contributed by atoms with Crippen molar-refractivity contribution in [2.24, 2.45) is 0 Å². The SMILES string of the molecule is COc1ccc(NC(=O)c2ccc(NC(=O)c3ccc(F)c(F)c3)cc2)cc1. The van der Waals surface area contributed by atoms with Gasteiger partial charge in [-0.25, -0.2) is 8.78 Å². The van der Waals surface area contributed by atoms with Gasteiger partial charge in [0.1, 0.15) is 5.75 Å². The summed E-state index contributed by atoms with van der Waals surface area (Å²) in [5.41, 5.74) is 1.40. The van der Waals surface area contributed by atoms with Crippen molar-refractivity contribution in [3.8, 4) is 5.75 Å². The molecule has 3 aromatic rings. The molecule has 3 rings (SSSR count). The molecule has 2 amide bonds. The molecule has 0 atom stereocenters. The number of rotatable bonds is 5. The zero-order valence-electron chi connectivity index (χ0n) is 14.8. The molecule has 0 aliphatic rings. The van der Waals surface area contributed by atoms with Crippen LogP contribution in [-0.2, 0) is 0 Å². The predicted molar refractivity (Wildman–Crippen MR) is 102 cm³/mol. The second kappa shape index (κ2) is 8.30. The Morgan fingerprint density at radius 2 is 1.21 bits per heavy atom. The van der Waals surface area contributed by atoms with E-state index in [0.29, 0.717) is 22.7 Å². The molecule has 7 heteroatoms. The third-order valence-electron chi connectivity index (χ3n) is 3.93. The van der Waals surface area contributed by atoms with Crippen LogP contribution < -0.4 is 15.4 Å². The van der Waals surface area contributed by atoms with Crippen LogP contribution in [0.4, 0.5) is 20.2 Å². The Hall–Kier alpha value is -3.74. The first-order chi connectivity index (χ1) is 13.5. The lowest BCUT2D eigenvalue weighted by Gasteiger charge is -2.08. The topological polar surface area (TPSA) is 67.4 Å². The standard InChI is InChI=1S/C21H16F2N2O3/c1-28-17-9-7-16(8-10-17)24-20(26)13-2-5-15(6-3-13)25-21(27)14-4-11-18(22)19(23)12-14/h2-12H,1H3,(H,24,26)(H,25,27). The van der Waals surface area contributed by atoms with Gasteiger partial charge < -0.3 is 15.4 Å². The summed E-state index contributed by atoms with van der Waals surface area (Å²) in [5.74, 6) is -2.35. The van der Waals surface area contributed by atoms with Gasteiger partial charge in [0.05, 0.1) is 7.11 Å². The summed E-state index contributed by atoms with van der Waals surface area (Å²) < 4.78 is 31.2. The Morgan fingerprint density at radius 3 is 1.75 bits per heavy atom. The van der Waals surface area contributed by atoms with Crippen molar-refractivity contribution in [3.63, 3.8) is 0 Å². The summed E-state index contributed by atoms with van der Waals surface area (Å²) in [4.78, 5) is 24.4. The number of carbonyl (C=O) groups is 2. The molecule has 0 unspecified atom stereocenters. The quantitative estimate of drug-likeness (QED) is 0.684. The zero-order chi connectivity index (χ0) is 20.1. The van der Waals surface area contributed by atoms with Crippen LogP contribution in [0.25, 0.3) is 0 Å². The molecular formula is C21H16F2N2O3. The third kappa shape index (κ3) is 4.50. The molecular weight excluding hydrogens is 366 g/mol. The van der Waals surface area contributed by atoms with Crippen LogP contribution in [0.15, 0.2) is 66.7 Å². The maximum Gasteiger partial charge on any atom is 0.255 e. The molecule has 5 nitrogen and oxygen atoms in total. The van der Waals surface area contributed by atoms with E-state index in [-0.39, 0.29) is 11.5 Å². The van der Waals surface area contributed by atoms with E-state index in [1.807, 2.05) is 0 Å². The Morgan fingerprint density at radius 1 is 0.714 bits per heavy atom. The van der Waals surface area contributed by atoms with E-state index in [1.165, 1.54) is 6.07 Å². The van der Waals surface area contributed by atoms with Gasteiger partial charge in [-0.15, -0.1) is 0 Å². The monoisotopic (exact) mass is 382 g/mol. The van der Waals surface area contributed by atoms with E-state index < -0.39 is 17.5 Å². The van der Waals surface area contributed by atoms with Crippen molar-refractivity contribution < 1.29 is 23.1 Å². The van der Waals surface area contributed by atoms with Crippen molar-refractivity contribution in [2.75, 3.05) is 17.7 Å². The van der Waals surface area contributed by atoms with E-state index in [0.717, 1.165) is 12.1 Å². The fraction of sp³-hybridized carbons (Fsp3) is 0.0476. The molecule has 142 valence electrons. The van der Waals surface area contributed by atoms with Crippen LogP contribution in [-0.4, -0.2) is 18.9 Å². The maximum absolute atomic E-state index is 13.2. The second-order valence-corrected chi connectivity index (χ2v) is 5.84. The first kappa shape index (κ1) is 19.0. The molecule has 0 aromatic heterocycles. The summed E-state index contributed by atoms with van der Waals surface area (Å²) in [7, 11) is 1.56. The minimum atomic E-state index is -1.10. The predicted octanol–water partition coefficient (Wildman–Crippen LogP) is 4.48. The van der Waals surface area contributed by atoms with Gasteiger partial charge in [-0.1, -0.05) is 0 Å². The van der Waals surface area contributed by atoms with E-state index in [1.54, 1.807) is 55.6 Å². The summed E-state index contributed by atoms with van der Waals surface area (Å²) in [6.45, 7) is 0. The molecule has 0 heterocycles. The number of amides is 2. The third-order valence-corrected chi connectivity index (χ3v) is 3.93. The highest BCUT2D eigenvalue weighted by Crippen LogP contribution is 2.17. The molecule has 0 saturated carbocycles. The first-order valence-electron chi connectivity index (χ1n) is 8.28. The number of halogens is 2. The highest BCUT2D eigenvalue weighted by molar-refractivity contribution is 6.06. The van der Waals surface area contributed by atoms with Gasteiger partial charge in [0.25, 0.3) is 11.8 Å². The molecule has 0 bridgehead atoms. The lowest BCUT2D eigenvalue weighted by Crippen LogP contribution is -2.14. The molecule has 0 aliphatic heterocycles. The summed E-state index contributed by atoms with van der Waals surface area (Å²) >= 11 is 0. The summed E-state index contributed by atoms with van der Waals surface area (Å²) in [6.07, 6.45) is 0. The van der Waals surface area contributed by atoms with Crippen LogP contribution in [0.1, 0.15) is 20.7 Å². The molecule has 0 spiro atoms. The van der Waals surface area contributed by atoms with E-state index >= 15 is 0 Å². The minimum Gasteiger partial charge on any atom is -0.497 e. The molecule has 0 radical (unpaired) electrons. The van der Waals surface area contributed by atoms with E-state index in [9.17, 15) is 18.4 Å². The Kier molecular flexibility index (Phi) is 5.64. The fourth-order valence-corrected chi connectivity index (χ4v) is 2.42. The molecule has 0 saturated heterocycles. The van der Waals surface area contributed by atoms with Gasteiger partial charge in [0.15, 0.2) is 11.6 Å². The normalized spacial score (nSPS) is 10.2. The molecule has 28 heavy (non-hydrogen) atoms. The van der Waals surface area contributed by atoms with Crippen molar-refractivity contribution in [1.29, 1.82) is 0 Å². The summed E-state index contributed by atoms with van der Waals surface area (Å²) in [5, 5.41) is 5.31. The number of ether oxygens (including phenoxy) is 1. The number of anilines is 2. The van der Waals surface area contributed by atoms with Crippen molar-refractivity contribution in [1.82, 2.24) is 0 Å². The van der Waals surface area contributed by atoms with Gasteiger partial charge >= 0.3 is 0 Å². The molecule has 0 fully saturated rings. The Balaban J connectivity index is 1.64. The van der Waals surface area contributed by atoms with Gasteiger partial charge in [0.2, 0.25) is 0 Å². The van der Waals surface area contributed by atoms with Crippen LogP contribution in [0, 0.1) is 11.6 Å². The lowest BCUT2D eigenvalue weighted by molar-refractivity contribution is 0.101. The van der Waals surface area contributed by atoms with Crippen LogP contribution in [0.5, 0.6) is 5.75 Å². The van der Waals surface area contributed by atoms with Crippen LogP contribution in [0.3, 0.4) is 0 Å². The maximum atomic E-state index is 13.2. The smallest absolute Gasteiger partial charge is 0.255 e. The average molecular weight is 382 g/mol. The van der Waals surface area contributed by atoms with E-state index in [4.69, 9.17) is 4.74 Å². The Bertz CT molecular complexity index is 1000. The highest BCUT2D eigenvalue weighted by atomic mass is 19.2. The minimum absolute atomic E-state index is 0.0137. The number of nitrogens with one attached hydrogen (secondary N) is 2.